The SMILES string of the molecule is COc1ccc2c(c1)Sc1ccccc1C2(O)c1ccc2ccc3cccc4ccc1c2c34. The van der Waals surface area contributed by atoms with E-state index in [1.165, 1.54) is 26.9 Å². The van der Waals surface area contributed by atoms with Crippen LogP contribution < -0.4 is 4.74 Å². The van der Waals surface area contributed by atoms with Crippen molar-refractivity contribution in [3.8, 4) is 5.75 Å². The van der Waals surface area contributed by atoms with Crippen LogP contribution in [0.3, 0.4) is 0 Å². The molecule has 0 amide bonds. The number of rotatable bonds is 2. The van der Waals surface area contributed by atoms with Crippen LogP contribution in [0.2, 0.25) is 0 Å². The summed E-state index contributed by atoms with van der Waals surface area (Å²) < 4.78 is 5.49. The Kier molecular flexibility index (Phi) is 3.88. The summed E-state index contributed by atoms with van der Waals surface area (Å²) in [4.78, 5) is 2.08. The van der Waals surface area contributed by atoms with Crippen molar-refractivity contribution in [3.05, 3.63) is 114 Å². The van der Waals surface area contributed by atoms with Gasteiger partial charge in [-0.1, -0.05) is 90.6 Å². The van der Waals surface area contributed by atoms with Crippen molar-refractivity contribution < 1.29 is 9.84 Å². The fourth-order valence-corrected chi connectivity index (χ4v) is 6.68. The summed E-state index contributed by atoms with van der Waals surface area (Å²) in [7, 11) is 1.68. The van der Waals surface area contributed by atoms with Crippen LogP contribution in [0.1, 0.15) is 16.7 Å². The Morgan fingerprint density at radius 2 is 1.30 bits per heavy atom. The molecule has 0 fully saturated rings. The van der Waals surface area contributed by atoms with Crippen molar-refractivity contribution >= 4 is 44.1 Å². The molecule has 0 saturated heterocycles. The number of methoxy groups -OCH3 is 1. The third-order valence-electron chi connectivity index (χ3n) is 6.99. The van der Waals surface area contributed by atoms with E-state index in [4.69, 9.17) is 4.74 Å². The second-order valence-corrected chi connectivity index (χ2v) is 9.72. The van der Waals surface area contributed by atoms with Gasteiger partial charge in [0.05, 0.1) is 7.11 Å². The predicted molar refractivity (Wildman–Crippen MR) is 136 cm³/mol. The van der Waals surface area contributed by atoms with Crippen LogP contribution in [-0.4, -0.2) is 12.2 Å². The zero-order valence-corrected chi connectivity index (χ0v) is 18.8. The molecule has 1 heterocycles. The van der Waals surface area contributed by atoms with E-state index in [-0.39, 0.29) is 0 Å². The molecular formula is C30H20O2S. The third-order valence-corrected chi connectivity index (χ3v) is 8.13. The van der Waals surface area contributed by atoms with Crippen molar-refractivity contribution in [1.29, 1.82) is 0 Å². The van der Waals surface area contributed by atoms with Crippen LogP contribution in [-0.2, 0) is 5.60 Å². The molecule has 158 valence electrons. The van der Waals surface area contributed by atoms with Gasteiger partial charge in [0.15, 0.2) is 0 Å². The van der Waals surface area contributed by atoms with Crippen LogP contribution in [0.4, 0.5) is 0 Å². The van der Waals surface area contributed by atoms with Gasteiger partial charge in [0.25, 0.3) is 0 Å². The van der Waals surface area contributed by atoms with E-state index >= 15 is 0 Å². The first-order chi connectivity index (χ1) is 16.2. The second kappa shape index (κ2) is 6.74. The average Bonchev–Trinajstić information content (AvgIpc) is 2.87. The normalized spacial score (nSPS) is 17.4. The number of fused-ring (bicyclic) bond motifs is 2. The van der Waals surface area contributed by atoms with Gasteiger partial charge in [-0.15, -0.1) is 0 Å². The van der Waals surface area contributed by atoms with E-state index < -0.39 is 5.60 Å². The Morgan fingerprint density at radius 3 is 2.12 bits per heavy atom. The minimum Gasteiger partial charge on any atom is -0.497 e. The molecule has 6 aromatic carbocycles. The summed E-state index contributed by atoms with van der Waals surface area (Å²) in [6.45, 7) is 0. The van der Waals surface area contributed by atoms with E-state index in [1.807, 2.05) is 36.4 Å². The first-order valence-corrected chi connectivity index (χ1v) is 11.9. The van der Waals surface area contributed by atoms with E-state index in [9.17, 15) is 5.11 Å². The molecule has 0 bridgehead atoms. The van der Waals surface area contributed by atoms with Gasteiger partial charge >= 0.3 is 0 Å². The van der Waals surface area contributed by atoms with Crippen LogP contribution >= 0.6 is 11.8 Å². The zero-order valence-electron chi connectivity index (χ0n) is 18.0. The van der Waals surface area contributed by atoms with Gasteiger partial charge in [-0.3, -0.25) is 0 Å². The Balaban J connectivity index is 1.63. The molecule has 33 heavy (non-hydrogen) atoms. The highest BCUT2D eigenvalue weighted by Gasteiger charge is 2.42. The Labute approximate surface area is 195 Å². The van der Waals surface area contributed by atoms with Crippen molar-refractivity contribution in [2.75, 3.05) is 7.11 Å². The summed E-state index contributed by atoms with van der Waals surface area (Å²) in [6.07, 6.45) is 0. The standard InChI is InChI=1S/C30H20O2S/c1-32-21-13-16-25-27(17-21)33-26-8-3-2-7-24(26)30(25,31)23-15-12-20-10-9-18-5-4-6-19-11-14-22(23)29(20)28(18)19/h2-17,31H,1H3. The van der Waals surface area contributed by atoms with E-state index in [0.717, 1.165) is 37.6 Å². The Bertz CT molecular complexity index is 1690. The topological polar surface area (TPSA) is 29.5 Å². The molecule has 7 rings (SSSR count). The Hall–Kier alpha value is -3.53. The molecule has 0 aromatic heterocycles. The van der Waals surface area contributed by atoms with Crippen LogP contribution in [0.25, 0.3) is 32.3 Å². The van der Waals surface area contributed by atoms with Crippen LogP contribution in [0, 0.1) is 0 Å². The number of benzene rings is 6. The van der Waals surface area contributed by atoms with Crippen molar-refractivity contribution in [1.82, 2.24) is 0 Å². The highest BCUT2D eigenvalue weighted by Crippen LogP contribution is 2.53. The van der Waals surface area contributed by atoms with Gasteiger partial charge in [0.2, 0.25) is 0 Å². The monoisotopic (exact) mass is 444 g/mol. The third kappa shape index (κ3) is 2.49. The first kappa shape index (κ1) is 19.0. The number of hydrogen-bond acceptors (Lipinski definition) is 3. The number of hydrogen-bond donors (Lipinski definition) is 1. The maximum atomic E-state index is 12.7. The number of ether oxygens (including phenoxy) is 1. The molecule has 0 saturated carbocycles. The molecule has 3 heteroatoms. The summed E-state index contributed by atoms with van der Waals surface area (Å²) >= 11 is 1.68. The lowest BCUT2D eigenvalue weighted by molar-refractivity contribution is 0.120. The largest absolute Gasteiger partial charge is 0.497 e. The molecule has 6 aromatic rings. The van der Waals surface area contributed by atoms with Gasteiger partial charge in [-0.05, 0) is 50.5 Å². The van der Waals surface area contributed by atoms with Gasteiger partial charge in [0.1, 0.15) is 11.4 Å². The smallest absolute Gasteiger partial charge is 0.143 e. The minimum atomic E-state index is -1.27. The maximum Gasteiger partial charge on any atom is 0.143 e. The second-order valence-electron chi connectivity index (χ2n) is 8.64. The molecule has 2 nitrogen and oxygen atoms in total. The lowest BCUT2D eigenvalue weighted by atomic mass is 9.77. The van der Waals surface area contributed by atoms with E-state index in [1.54, 1.807) is 18.9 Å². The summed E-state index contributed by atoms with van der Waals surface area (Å²) in [5.74, 6) is 0.790. The molecule has 0 spiro atoms. The van der Waals surface area contributed by atoms with Crippen LogP contribution in [0.5, 0.6) is 5.75 Å². The fourth-order valence-electron chi connectivity index (χ4n) is 5.47. The summed E-state index contributed by atoms with van der Waals surface area (Å²) in [6, 6.07) is 33.5. The maximum absolute atomic E-state index is 12.7. The van der Waals surface area contributed by atoms with Gasteiger partial charge in [0, 0.05) is 26.5 Å². The molecule has 1 aliphatic rings. The highest BCUT2D eigenvalue weighted by atomic mass is 32.2. The molecule has 0 radical (unpaired) electrons. The zero-order chi connectivity index (χ0) is 22.2. The van der Waals surface area contributed by atoms with Crippen molar-refractivity contribution in [3.63, 3.8) is 0 Å². The summed E-state index contributed by atoms with van der Waals surface area (Å²) in [5, 5.41) is 19.9. The molecule has 1 N–H and O–H groups in total. The van der Waals surface area contributed by atoms with E-state index in [2.05, 4.69) is 60.7 Å². The molecule has 1 unspecified atom stereocenters. The van der Waals surface area contributed by atoms with Gasteiger partial charge in [-0.2, -0.15) is 0 Å². The lowest BCUT2D eigenvalue weighted by Crippen LogP contribution is -2.32. The molecule has 1 atom stereocenters. The average molecular weight is 445 g/mol. The molecule has 0 aliphatic carbocycles. The fraction of sp³-hybridized carbons (Fsp3) is 0.0667. The van der Waals surface area contributed by atoms with Crippen molar-refractivity contribution in [2.45, 2.75) is 15.4 Å². The van der Waals surface area contributed by atoms with Gasteiger partial charge < -0.3 is 9.84 Å². The highest BCUT2D eigenvalue weighted by molar-refractivity contribution is 7.99. The predicted octanol–water partition coefficient (Wildman–Crippen LogP) is 7.34. The van der Waals surface area contributed by atoms with Gasteiger partial charge in [-0.25, -0.2) is 0 Å². The first-order valence-electron chi connectivity index (χ1n) is 11.0. The quantitative estimate of drug-likeness (QED) is 0.283. The number of aliphatic hydroxyl groups is 1. The molecular weight excluding hydrogens is 424 g/mol. The summed E-state index contributed by atoms with van der Waals surface area (Å²) in [5.41, 5.74) is 1.45. The Morgan fingerprint density at radius 1 is 0.636 bits per heavy atom. The lowest BCUT2D eigenvalue weighted by Gasteiger charge is -2.37. The van der Waals surface area contributed by atoms with Crippen molar-refractivity contribution in [2.24, 2.45) is 0 Å². The molecule has 1 aliphatic heterocycles. The van der Waals surface area contributed by atoms with Crippen LogP contribution in [0.15, 0.2) is 107 Å². The van der Waals surface area contributed by atoms with E-state index in [0.29, 0.717) is 0 Å². The minimum absolute atomic E-state index is 0.790.